The molecule has 2 rings (SSSR count). The highest BCUT2D eigenvalue weighted by Crippen LogP contribution is 2.27. The number of hydrogen-bond donors (Lipinski definition) is 0. The van der Waals surface area contributed by atoms with Gasteiger partial charge in [-0.25, -0.2) is 9.97 Å². The van der Waals surface area contributed by atoms with Gasteiger partial charge in [0.25, 0.3) is 0 Å². The topological polar surface area (TPSA) is 35.0 Å². The molecule has 3 heteroatoms. The SMILES string of the molecule is CCCCCc1ccnc(-c2ccccc2OCCCCC(C)CC)n1. The maximum atomic E-state index is 6.07. The van der Waals surface area contributed by atoms with Crippen LogP contribution in [-0.4, -0.2) is 16.6 Å². The molecule has 0 bridgehead atoms. The fourth-order valence-electron chi connectivity index (χ4n) is 2.98. The third-order valence-corrected chi connectivity index (χ3v) is 4.92. The van der Waals surface area contributed by atoms with Crippen molar-refractivity contribution in [3.8, 4) is 17.1 Å². The average molecular weight is 355 g/mol. The maximum absolute atomic E-state index is 6.07. The lowest BCUT2D eigenvalue weighted by Gasteiger charge is -2.12. The quantitative estimate of drug-likeness (QED) is 0.410. The van der Waals surface area contributed by atoms with Crippen LogP contribution in [0.5, 0.6) is 5.75 Å². The largest absolute Gasteiger partial charge is 0.493 e. The van der Waals surface area contributed by atoms with Gasteiger partial charge in [-0.3, -0.25) is 0 Å². The van der Waals surface area contributed by atoms with Gasteiger partial charge in [-0.1, -0.05) is 58.6 Å². The Morgan fingerprint density at radius 2 is 1.85 bits per heavy atom. The summed E-state index contributed by atoms with van der Waals surface area (Å²) in [6.45, 7) is 7.56. The summed E-state index contributed by atoms with van der Waals surface area (Å²) in [4.78, 5) is 9.25. The predicted octanol–water partition coefficient (Wildman–Crippen LogP) is 6.47. The highest BCUT2D eigenvalue weighted by Gasteiger charge is 2.09. The molecule has 1 atom stereocenters. The lowest BCUT2D eigenvalue weighted by atomic mass is 10.0. The summed E-state index contributed by atoms with van der Waals surface area (Å²) in [7, 11) is 0. The van der Waals surface area contributed by atoms with Crippen LogP contribution >= 0.6 is 0 Å². The van der Waals surface area contributed by atoms with Crippen molar-refractivity contribution in [2.75, 3.05) is 6.61 Å². The molecule has 3 nitrogen and oxygen atoms in total. The summed E-state index contributed by atoms with van der Waals surface area (Å²) >= 11 is 0. The third-order valence-electron chi connectivity index (χ3n) is 4.92. The molecule has 1 heterocycles. The van der Waals surface area contributed by atoms with Crippen LogP contribution in [-0.2, 0) is 6.42 Å². The molecule has 0 N–H and O–H groups in total. The van der Waals surface area contributed by atoms with Crippen molar-refractivity contribution in [1.82, 2.24) is 9.97 Å². The zero-order chi connectivity index (χ0) is 18.6. The fourth-order valence-corrected chi connectivity index (χ4v) is 2.98. The highest BCUT2D eigenvalue weighted by atomic mass is 16.5. The molecule has 1 aromatic heterocycles. The zero-order valence-electron chi connectivity index (χ0n) is 16.7. The van der Waals surface area contributed by atoms with E-state index in [1.165, 1.54) is 38.5 Å². The highest BCUT2D eigenvalue weighted by molar-refractivity contribution is 5.63. The second-order valence-electron chi connectivity index (χ2n) is 7.18. The first kappa shape index (κ1) is 20.4. The van der Waals surface area contributed by atoms with E-state index in [1.807, 2.05) is 30.5 Å². The van der Waals surface area contributed by atoms with Crippen molar-refractivity contribution in [2.45, 2.75) is 72.1 Å². The molecule has 0 saturated carbocycles. The number of hydrogen-bond acceptors (Lipinski definition) is 3. The molecular formula is C23H34N2O. The number of aryl methyl sites for hydroxylation is 1. The molecule has 0 radical (unpaired) electrons. The van der Waals surface area contributed by atoms with Crippen molar-refractivity contribution in [2.24, 2.45) is 5.92 Å². The smallest absolute Gasteiger partial charge is 0.163 e. The molecule has 142 valence electrons. The first-order valence-electron chi connectivity index (χ1n) is 10.3. The van der Waals surface area contributed by atoms with E-state index in [0.717, 1.165) is 48.2 Å². The number of aromatic nitrogens is 2. The Kier molecular flexibility index (Phi) is 9.16. The van der Waals surface area contributed by atoms with Gasteiger partial charge in [-0.15, -0.1) is 0 Å². The second kappa shape index (κ2) is 11.7. The van der Waals surface area contributed by atoms with E-state index in [2.05, 4.69) is 31.8 Å². The molecule has 2 aromatic rings. The molecule has 0 spiro atoms. The molecule has 1 aromatic carbocycles. The number of benzene rings is 1. The number of ether oxygens (including phenoxy) is 1. The van der Waals surface area contributed by atoms with E-state index >= 15 is 0 Å². The van der Waals surface area contributed by atoms with Crippen molar-refractivity contribution in [3.05, 3.63) is 42.2 Å². The van der Waals surface area contributed by atoms with Crippen LogP contribution in [0.2, 0.25) is 0 Å². The molecule has 0 aliphatic rings. The summed E-state index contributed by atoms with van der Waals surface area (Å²) in [5.41, 5.74) is 2.11. The van der Waals surface area contributed by atoms with E-state index in [-0.39, 0.29) is 0 Å². The van der Waals surface area contributed by atoms with Crippen LogP contribution in [0.15, 0.2) is 36.5 Å². The van der Waals surface area contributed by atoms with Crippen LogP contribution in [0.3, 0.4) is 0 Å². The predicted molar refractivity (Wildman–Crippen MR) is 109 cm³/mol. The van der Waals surface area contributed by atoms with Gasteiger partial charge in [0, 0.05) is 11.9 Å². The monoisotopic (exact) mass is 354 g/mol. The number of nitrogens with zero attached hydrogens (tertiary/aromatic N) is 2. The fraction of sp³-hybridized carbons (Fsp3) is 0.565. The summed E-state index contributed by atoms with van der Waals surface area (Å²) in [5, 5.41) is 0. The lowest BCUT2D eigenvalue weighted by Crippen LogP contribution is -2.02. The Balaban J connectivity index is 1.96. The molecule has 0 aliphatic heterocycles. The maximum Gasteiger partial charge on any atom is 0.163 e. The van der Waals surface area contributed by atoms with Gasteiger partial charge in [0.05, 0.1) is 12.2 Å². The Morgan fingerprint density at radius 3 is 2.65 bits per heavy atom. The van der Waals surface area contributed by atoms with Gasteiger partial charge in [0.1, 0.15) is 5.75 Å². The van der Waals surface area contributed by atoms with Crippen molar-refractivity contribution < 1.29 is 4.74 Å². The minimum atomic E-state index is 0.754. The normalized spacial score (nSPS) is 12.1. The Morgan fingerprint density at radius 1 is 1.00 bits per heavy atom. The number of para-hydroxylation sites is 1. The average Bonchev–Trinajstić information content (AvgIpc) is 2.68. The first-order chi connectivity index (χ1) is 12.7. The molecule has 0 saturated heterocycles. The lowest BCUT2D eigenvalue weighted by molar-refractivity contribution is 0.300. The van der Waals surface area contributed by atoms with Gasteiger partial charge in [0.2, 0.25) is 0 Å². The van der Waals surface area contributed by atoms with Gasteiger partial charge < -0.3 is 4.74 Å². The van der Waals surface area contributed by atoms with Gasteiger partial charge in [-0.05, 0) is 49.8 Å². The molecule has 0 amide bonds. The Labute approximate surface area is 159 Å². The van der Waals surface area contributed by atoms with E-state index in [9.17, 15) is 0 Å². The van der Waals surface area contributed by atoms with Crippen LogP contribution < -0.4 is 4.74 Å². The summed E-state index contributed by atoms with van der Waals surface area (Å²) in [6, 6.07) is 10.1. The molecule has 26 heavy (non-hydrogen) atoms. The number of rotatable bonds is 12. The van der Waals surface area contributed by atoms with Crippen molar-refractivity contribution >= 4 is 0 Å². The van der Waals surface area contributed by atoms with Gasteiger partial charge >= 0.3 is 0 Å². The third kappa shape index (κ3) is 6.78. The van der Waals surface area contributed by atoms with Gasteiger partial charge in [-0.2, -0.15) is 0 Å². The standard InChI is InChI=1S/C23H34N2O/c1-4-6-7-13-20-16-17-24-23(25-20)21-14-8-9-15-22(21)26-18-11-10-12-19(3)5-2/h8-9,14-17,19H,4-7,10-13,18H2,1-3H3. The summed E-state index contributed by atoms with van der Waals surface area (Å²) in [6.07, 6.45) is 11.4. The van der Waals surface area contributed by atoms with E-state index in [0.29, 0.717) is 0 Å². The molecular weight excluding hydrogens is 320 g/mol. The second-order valence-corrected chi connectivity index (χ2v) is 7.18. The van der Waals surface area contributed by atoms with E-state index in [4.69, 9.17) is 9.72 Å². The van der Waals surface area contributed by atoms with Gasteiger partial charge in [0.15, 0.2) is 5.82 Å². The zero-order valence-corrected chi connectivity index (χ0v) is 16.7. The van der Waals surface area contributed by atoms with Crippen molar-refractivity contribution in [3.63, 3.8) is 0 Å². The van der Waals surface area contributed by atoms with Crippen LogP contribution in [0, 0.1) is 5.92 Å². The Hall–Kier alpha value is -1.90. The summed E-state index contributed by atoms with van der Waals surface area (Å²) < 4.78 is 6.07. The van der Waals surface area contributed by atoms with Crippen LogP contribution in [0.1, 0.15) is 71.4 Å². The van der Waals surface area contributed by atoms with Crippen molar-refractivity contribution in [1.29, 1.82) is 0 Å². The summed E-state index contributed by atoms with van der Waals surface area (Å²) in [5.74, 6) is 2.47. The first-order valence-corrected chi connectivity index (χ1v) is 10.3. The minimum absolute atomic E-state index is 0.754. The van der Waals surface area contributed by atoms with E-state index in [1.54, 1.807) is 0 Å². The minimum Gasteiger partial charge on any atom is -0.493 e. The Bertz CT molecular complexity index is 642. The van der Waals surface area contributed by atoms with Crippen LogP contribution in [0.25, 0.3) is 11.4 Å². The molecule has 0 fully saturated rings. The number of unbranched alkanes of at least 4 members (excludes halogenated alkanes) is 3. The van der Waals surface area contributed by atoms with E-state index < -0.39 is 0 Å². The molecule has 0 aliphatic carbocycles. The van der Waals surface area contributed by atoms with Crippen LogP contribution in [0.4, 0.5) is 0 Å². The molecule has 1 unspecified atom stereocenters.